The second-order valence-corrected chi connectivity index (χ2v) is 7.59. The first kappa shape index (κ1) is 16.0. The van der Waals surface area contributed by atoms with E-state index in [0.717, 1.165) is 10.7 Å². The number of thioether (sulfide) groups is 1. The van der Waals surface area contributed by atoms with Crippen LogP contribution in [-0.4, -0.2) is 62.3 Å². The third-order valence-electron chi connectivity index (χ3n) is 2.93. The van der Waals surface area contributed by atoms with Crippen molar-refractivity contribution in [1.82, 2.24) is 9.80 Å². The number of likely N-dealkylation sites (tertiary alicyclic amines) is 1. The number of carbonyl (C=O) groups excluding carboxylic acids is 3. The lowest BCUT2D eigenvalue weighted by Crippen LogP contribution is -2.47. The zero-order valence-corrected chi connectivity index (χ0v) is 13.3. The Balaban J connectivity index is 2.08. The molecule has 112 valence electrons. The maximum atomic E-state index is 12.3. The minimum absolute atomic E-state index is 0.0328. The number of carbonyl (C=O) groups is 3. The van der Waals surface area contributed by atoms with E-state index in [1.54, 1.807) is 16.7 Å². The molecule has 6 nitrogen and oxygen atoms in total. The van der Waals surface area contributed by atoms with Gasteiger partial charge in [-0.25, -0.2) is 4.79 Å². The van der Waals surface area contributed by atoms with Crippen LogP contribution in [0, 0.1) is 0 Å². The minimum Gasteiger partial charge on any atom is -0.398 e. The molecular weight excluding hydrogens is 351 g/mol. The van der Waals surface area contributed by atoms with Crippen LogP contribution in [0.2, 0.25) is 0 Å². The van der Waals surface area contributed by atoms with Crippen molar-refractivity contribution >= 4 is 64.3 Å². The van der Waals surface area contributed by atoms with Crippen molar-refractivity contribution in [3.8, 4) is 0 Å². The summed E-state index contributed by atoms with van der Waals surface area (Å²) in [6.07, 6.45) is -1.02. The standard InChI is InChI=1S/C10H11Cl3N2O4S/c11-10(12,13)19-9(18)15-4-6(16)3-7(15)8(17)14-1-2-20-5-14/h7H,1-5H2/t7-/m0/s1. The largest absolute Gasteiger partial charge is 0.414 e. The Hall–Kier alpha value is -0.370. The number of amides is 2. The molecule has 0 bridgehead atoms. The Labute approximate surface area is 134 Å². The Kier molecular flexibility index (Phi) is 4.94. The van der Waals surface area contributed by atoms with Crippen LogP contribution in [-0.2, 0) is 14.3 Å². The highest BCUT2D eigenvalue weighted by molar-refractivity contribution is 7.99. The molecule has 0 aromatic rings. The summed E-state index contributed by atoms with van der Waals surface area (Å²) in [5.41, 5.74) is 0. The van der Waals surface area contributed by atoms with Crippen LogP contribution in [0.1, 0.15) is 6.42 Å². The van der Waals surface area contributed by atoms with Crippen LogP contribution < -0.4 is 0 Å². The summed E-state index contributed by atoms with van der Waals surface area (Å²) in [6.45, 7) is 0.387. The number of ether oxygens (including phenoxy) is 1. The van der Waals surface area contributed by atoms with E-state index >= 15 is 0 Å². The van der Waals surface area contributed by atoms with E-state index < -0.39 is 16.1 Å². The first-order valence-corrected chi connectivity index (χ1v) is 8.01. The summed E-state index contributed by atoms with van der Waals surface area (Å²) in [6, 6.07) is -0.874. The van der Waals surface area contributed by atoms with Gasteiger partial charge in [-0.2, -0.15) is 0 Å². The number of alkyl halides is 3. The number of Topliss-reactive ketones (excluding diaryl/α,β-unsaturated/α-hetero) is 1. The molecule has 0 aliphatic carbocycles. The van der Waals surface area contributed by atoms with Crippen molar-refractivity contribution in [2.45, 2.75) is 16.4 Å². The van der Waals surface area contributed by atoms with Gasteiger partial charge in [-0.3, -0.25) is 14.5 Å². The summed E-state index contributed by atoms with van der Waals surface area (Å²) in [4.78, 5) is 38.3. The Bertz CT molecular complexity index is 437. The maximum absolute atomic E-state index is 12.3. The van der Waals surface area contributed by atoms with Crippen LogP contribution in [0.15, 0.2) is 0 Å². The van der Waals surface area contributed by atoms with Gasteiger partial charge in [0.1, 0.15) is 6.04 Å². The van der Waals surface area contributed by atoms with E-state index in [2.05, 4.69) is 4.74 Å². The highest BCUT2D eigenvalue weighted by Crippen LogP contribution is 2.30. The molecule has 0 radical (unpaired) electrons. The van der Waals surface area contributed by atoms with Crippen LogP contribution in [0.3, 0.4) is 0 Å². The van der Waals surface area contributed by atoms with Gasteiger partial charge in [0.05, 0.1) is 12.4 Å². The number of hydrogen-bond donors (Lipinski definition) is 0. The molecule has 2 amide bonds. The molecule has 0 aromatic heterocycles. The molecule has 2 heterocycles. The van der Waals surface area contributed by atoms with Gasteiger partial charge in [-0.15, -0.1) is 11.8 Å². The fraction of sp³-hybridized carbons (Fsp3) is 0.700. The molecule has 0 aromatic carbocycles. The summed E-state index contributed by atoms with van der Waals surface area (Å²) in [5, 5.41) is 0. The van der Waals surface area contributed by atoms with Gasteiger partial charge in [0.2, 0.25) is 5.91 Å². The molecule has 20 heavy (non-hydrogen) atoms. The summed E-state index contributed by atoms with van der Waals surface area (Å²) in [5.74, 6) is 0.889. The van der Waals surface area contributed by atoms with E-state index in [1.807, 2.05) is 0 Å². The fourth-order valence-electron chi connectivity index (χ4n) is 2.06. The molecule has 2 fully saturated rings. The van der Waals surface area contributed by atoms with Crippen LogP contribution in [0.4, 0.5) is 4.79 Å². The van der Waals surface area contributed by atoms with Gasteiger partial charge in [0.15, 0.2) is 5.78 Å². The van der Waals surface area contributed by atoms with E-state index in [0.29, 0.717) is 12.4 Å². The van der Waals surface area contributed by atoms with Gasteiger partial charge in [0.25, 0.3) is 0 Å². The lowest BCUT2D eigenvalue weighted by atomic mass is 10.2. The molecule has 2 aliphatic heterocycles. The molecule has 0 N–H and O–H groups in total. The summed E-state index contributed by atoms with van der Waals surface area (Å²) in [7, 11) is 0. The molecule has 0 unspecified atom stereocenters. The van der Waals surface area contributed by atoms with Crippen molar-refractivity contribution in [3.05, 3.63) is 0 Å². The summed E-state index contributed by atoms with van der Waals surface area (Å²) < 4.78 is 2.35. The number of rotatable bonds is 1. The van der Waals surface area contributed by atoms with Crippen LogP contribution in [0.25, 0.3) is 0 Å². The number of halogens is 3. The van der Waals surface area contributed by atoms with Gasteiger partial charge in [0, 0.05) is 18.7 Å². The highest BCUT2D eigenvalue weighted by Gasteiger charge is 2.43. The predicted octanol–water partition coefficient (Wildman–Crippen LogP) is 1.63. The average molecular weight is 362 g/mol. The zero-order valence-electron chi connectivity index (χ0n) is 10.2. The van der Waals surface area contributed by atoms with Crippen molar-refractivity contribution < 1.29 is 19.1 Å². The predicted molar refractivity (Wildman–Crippen MR) is 75.9 cm³/mol. The quantitative estimate of drug-likeness (QED) is 0.664. The highest BCUT2D eigenvalue weighted by atomic mass is 35.6. The van der Waals surface area contributed by atoms with Crippen LogP contribution in [0.5, 0.6) is 0 Å². The van der Waals surface area contributed by atoms with Gasteiger partial charge >= 0.3 is 10.1 Å². The zero-order chi connectivity index (χ0) is 14.9. The van der Waals surface area contributed by atoms with E-state index in [9.17, 15) is 14.4 Å². The molecule has 0 saturated carbocycles. The number of hydrogen-bond acceptors (Lipinski definition) is 5. The third kappa shape index (κ3) is 3.84. The second kappa shape index (κ2) is 6.17. The normalized spacial score (nSPS) is 23.4. The van der Waals surface area contributed by atoms with Crippen molar-refractivity contribution in [3.63, 3.8) is 0 Å². The molecule has 0 spiro atoms. The lowest BCUT2D eigenvalue weighted by Gasteiger charge is -2.27. The van der Waals surface area contributed by atoms with E-state index in [4.69, 9.17) is 34.8 Å². The lowest BCUT2D eigenvalue weighted by molar-refractivity contribution is -0.134. The SMILES string of the molecule is O=C1C[C@@H](C(=O)N2CCSC2)N(C(=O)OC(Cl)(Cl)Cl)C1. The number of nitrogens with zero attached hydrogens (tertiary/aromatic N) is 2. The first-order valence-electron chi connectivity index (χ1n) is 5.72. The molecule has 2 rings (SSSR count). The minimum atomic E-state index is -2.22. The van der Waals surface area contributed by atoms with Gasteiger partial charge < -0.3 is 9.64 Å². The summed E-state index contributed by atoms with van der Waals surface area (Å²) >= 11 is 17.7. The van der Waals surface area contributed by atoms with Gasteiger partial charge in [-0.1, -0.05) is 0 Å². The topological polar surface area (TPSA) is 66.9 Å². The molecule has 1 atom stereocenters. The fourth-order valence-corrected chi connectivity index (χ4v) is 3.21. The monoisotopic (exact) mass is 360 g/mol. The van der Waals surface area contributed by atoms with E-state index in [1.165, 1.54) is 0 Å². The third-order valence-corrected chi connectivity index (χ3v) is 4.13. The van der Waals surface area contributed by atoms with E-state index in [-0.39, 0.29) is 24.7 Å². The maximum Gasteiger partial charge on any atom is 0.414 e. The second-order valence-electron chi connectivity index (χ2n) is 4.34. The van der Waals surface area contributed by atoms with Gasteiger partial charge in [-0.05, 0) is 34.8 Å². The Morgan fingerprint density at radius 2 is 2.05 bits per heavy atom. The molecule has 2 saturated heterocycles. The smallest absolute Gasteiger partial charge is 0.398 e. The molecular formula is C10H11Cl3N2O4S. The van der Waals surface area contributed by atoms with Crippen molar-refractivity contribution in [2.75, 3.05) is 24.7 Å². The molecule has 2 aliphatic rings. The Morgan fingerprint density at radius 3 is 2.60 bits per heavy atom. The average Bonchev–Trinajstić information content (AvgIpc) is 2.94. The van der Waals surface area contributed by atoms with Crippen molar-refractivity contribution in [1.29, 1.82) is 0 Å². The first-order chi connectivity index (χ1) is 9.28. The van der Waals surface area contributed by atoms with Crippen molar-refractivity contribution in [2.24, 2.45) is 0 Å². The van der Waals surface area contributed by atoms with Crippen LogP contribution >= 0.6 is 46.6 Å². The Morgan fingerprint density at radius 1 is 1.35 bits per heavy atom. The number of ketones is 1. The molecule has 10 heteroatoms.